The van der Waals surface area contributed by atoms with Crippen LogP contribution in [0.1, 0.15) is 16.1 Å². The zero-order valence-corrected chi connectivity index (χ0v) is 15.0. The van der Waals surface area contributed by atoms with E-state index in [1.165, 1.54) is 26.4 Å². The first kappa shape index (κ1) is 15.9. The fourth-order valence-corrected chi connectivity index (χ4v) is 4.03. The Hall–Kier alpha value is -2.65. The Bertz CT molecular complexity index is 977. The van der Waals surface area contributed by atoms with Crippen LogP contribution >= 0.6 is 11.3 Å². The molecule has 3 heteroatoms. The Kier molecular flexibility index (Phi) is 4.49. The van der Waals surface area contributed by atoms with E-state index < -0.39 is 0 Å². The molecule has 0 atom stereocenters. The second-order valence-electron chi connectivity index (χ2n) is 6.10. The van der Waals surface area contributed by atoms with Gasteiger partial charge in [-0.1, -0.05) is 72.0 Å². The maximum atomic E-state index is 5.96. The monoisotopic (exact) mass is 346 g/mol. The summed E-state index contributed by atoms with van der Waals surface area (Å²) in [7, 11) is 0. The maximum Gasteiger partial charge on any atom is 0.235 e. The minimum absolute atomic E-state index is 0.598. The largest absolute Gasteiger partial charge is 0.489 e. The molecular formula is C22H20NOS+. The Balaban J connectivity index is 1.57. The molecule has 4 aromatic rings. The van der Waals surface area contributed by atoms with E-state index in [9.17, 15) is 0 Å². The molecule has 3 aromatic carbocycles. The number of ether oxygens (including phenoxy) is 1. The van der Waals surface area contributed by atoms with Crippen LogP contribution in [0.4, 0.5) is 0 Å². The van der Waals surface area contributed by atoms with Crippen molar-refractivity contribution in [1.82, 2.24) is 0 Å². The number of nitrogens with zero attached hydrogens (tertiary/aromatic N) is 1. The molecule has 0 bridgehead atoms. The van der Waals surface area contributed by atoms with Crippen molar-refractivity contribution in [2.75, 3.05) is 0 Å². The lowest BCUT2D eigenvalue weighted by atomic mass is 10.2. The highest BCUT2D eigenvalue weighted by Crippen LogP contribution is 2.26. The van der Waals surface area contributed by atoms with Gasteiger partial charge in [0.15, 0.2) is 6.54 Å². The lowest BCUT2D eigenvalue weighted by Crippen LogP contribution is -2.35. The van der Waals surface area contributed by atoms with E-state index in [0.29, 0.717) is 6.61 Å². The summed E-state index contributed by atoms with van der Waals surface area (Å²) in [5.41, 5.74) is 3.77. The van der Waals surface area contributed by atoms with E-state index in [4.69, 9.17) is 4.74 Å². The molecule has 0 fully saturated rings. The van der Waals surface area contributed by atoms with Gasteiger partial charge in [0.05, 0.1) is 0 Å². The summed E-state index contributed by atoms with van der Waals surface area (Å²) in [6.45, 7) is 3.68. The number of aryl methyl sites for hydroxylation is 1. The molecule has 1 aromatic heterocycles. The number of rotatable bonds is 5. The summed E-state index contributed by atoms with van der Waals surface area (Å²) in [5, 5.41) is 1.30. The van der Waals surface area contributed by atoms with Gasteiger partial charge in [0.25, 0.3) is 0 Å². The van der Waals surface area contributed by atoms with Gasteiger partial charge in [0, 0.05) is 24.6 Å². The molecule has 2 nitrogen and oxygen atoms in total. The Morgan fingerprint density at radius 1 is 0.840 bits per heavy atom. The van der Waals surface area contributed by atoms with Crippen LogP contribution in [0.3, 0.4) is 0 Å². The number of fused-ring (bicyclic) bond motifs is 1. The minimum atomic E-state index is 0.598. The predicted octanol–water partition coefficient (Wildman–Crippen LogP) is 5.12. The first-order chi connectivity index (χ1) is 12.3. The van der Waals surface area contributed by atoms with Gasteiger partial charge in [0.1, 0.15) is 17.1 Å². The quantitative estimate of drug-likeness (QED) is 0.457. The maximum absolute atomic E-state index is 5.96. The third kappa shape index (κ3) is 3.57. The van der Waals surface area contributed by atoms with E-state index in [2.05, 4.69) is 72.2 Å². The molecule has 0 radical (unpaired) electrons. The number of thiazole rings is 1. The number of hydrogen-bond donors (Lipinski definition) is 0. The van der Waals surface area contributed by atoms with Gasteiger partial charge < -0.3 is 4.74 Å². The summed E-state index contributed by atoms with van der Waals surface area (Å²) in [4.78, 5) is 0. The van der Waals surface area contributed by atoms with Crippen LogP contribution in [0, 0.1) is 6.92 Å². The van der Waals surface area contributed by atoms with E-state index in [1.54, 1.807) is 0 Å². The lowest BCUT2D eigenvalue weighted by Gasteiger charge is -2.05. The molecule has 0 saturated carbocycles. The van der Waals surface area contributed by atoms with Crippen LogP contribution in [0.5, 0.6) is 5.75 Å². The van der Waals surface area contributed by atoms with Gasteiger partial charge in [-0.2, -0.15) is 4.57 Å². The van der Waals surface area contributed by atoms with Crippen LogP contribution in [-0.2, 0) is 13.2 Å². The summed E-state index contributed by atoms with van der Waals surface area (Å²) in [5.74, 6) is 0.921. The number of aromatic nitrogens is 1. The summed E-state index contributed by atoms with van der Waals surface area (Å²) in [6.07, 6.45) is 0. The molecule has 0 spiro atoms. The van der Waals surface area contributed by atoms with Crippen molar-refractivity contribution in [1.29, 1.82) is 0 Å². The molecular weight excluding hydrogens is 326 g/mol. The van der Waals surface area contributed by atoms with Gasteiger partial charge in [-0.05, 0) is 11.6 Å². The van der Waals surface area contributed by atoms with Gasteiger partial charge in [-0.3, -0.25) is 0 Å². The van der Waals surface area contributed by atoms with Crippen molar-refractivity contribution in [3.63, 3.8) is 0 Å². The average Bonchev–Trinajstić information content (AvgIpc) is 2.96. The molecule has 0 unspecified atom stereocenters. The van der Waals surface area contributed by atoms with E-state index >= 15 is 0 Å². The van der Waals surface area contributed by atoms with Crippen molar-refractivity contribution >= 4 is 21.6 Å². The molecule has 0 aliphatic carbocycles. The van der Waals surface area contributed by atoms with E-state index in [-0.39, 0.29) is 0 Å². The lowest BCUT2D eigenvalue weighted by molar-refractivity contribution is -0.664. The van der Waals surface area contributed by atoms with Crippen molar-refractivity contribution in [2.24, 2.45) is 0 Å². The molecule has 0 saturated heterocycles. The van der Waals surface area contributed by atoms with Gasteiger partial charge >= 0.3 is 0 Å². The van der Waals surface area contributed by atoms with Gasteiger partial charge in [-0.25, -0.2) is 0 Å². The highest BCUT2D eigenvalue weighted by molar-refractivity contribution is 7.18. The van der Waals surface area contributed by atoms with Crippen LogP contribution < -0.4 is 9.30 Å². The zero-order chi connectivity index (χ0) is 17.1. The molecule has 0 aliphatic heterocycles. The summed E-state index contributed by atoms with van der Waals surface area (Å²) >= 11 is 1.82. The van der Waals surface area contributed by atoms with Crippen molar-refractivity contribution < 1.29 is 9.30 Å². The third-order valence-corrected chi connectivity index (χ3v) is 5.35. The Morgan fingerprint density at radius 3 is 2.24 bits per heavy atom. The van der Waals surface area contributed by atoms with Crippen LogP contribution in [0.2, 0.25) is 0 Å². The van der Waals surface area contributed by atoms with Crippen molar-refractivity contribution in [2.45, 2.75) is 20.1 Å². The highest BCUT2D eigenvalue weighted by Gasteiger charge is 2.18. The van der Waals surface area contributed by atoms with Crippen LogP contribution in [0.25, 0.3) is 10.2 Å². The summed E-state index contributed by atoms with van der Waals surface area (Å²) < 4.78 is 9.60. The smallest absolute Gasteiger partial charge is 0.235 e. The normalized spacial score (nSPS) is 10.9. The van der Waals surface area contributed by atoms with E-state index in [0.717, 1.165) is 12.3 Å². The number of benzene rings is 3. The second-order valence-corrected chi connectivity index (χ2v) is 7.33. The third-order valence-electron chi connectivity index (χ3n) is 4.29. The Labute approximate surface area is 152 Å². The Morgan fingerprint density at radius 2 is 1.52 bits per heavy atom. The number of hydrogen-bond acceptors (Lipinski definition) is 2. The highest BCUT2D eigenvalue weighted by atomic mass is 32.1. The summed E-state index contributed by atoms with van der Waals surface area (Å²) in [6, 6.07) is 27.2. The topological polar surface area (TPSA) is 13.1 Å². The second kappa shape index (κ2) is 7.08. The van der Waals surface area contributed by atoms with Gasteiger partial charge in [0.2, 0.25) is 10.5 Å². The first-order valence-corrected chi connectivity index (χ1v) is 9.25. The SMILES string of the molecule is Cc1sc2cc(OCc3ccccc3)ccc2[n+]1Cc1ccccc1. The van der Waals surface area contributed by atoms with Crippen molar-refractivity contribution in [3.8, 4) is 5.75 Å². The first-order valence-electron chi connectivity index (χ1n) is 8.43. The van der Waals surface area contributed by atoms with Crippen LogP contribution in [0.15, 0.2) is 78.9 Å². The van der Waals surface area contributed by atoms with Crippen LogP contribution in [-0.4, -0.2) is 0 Å². The minimum Gasteiger partial charge on any atom is -0.489 e. The standard InChI is InChI=1S/C22H20NOS/c1-17-23(15-18-8-4-2-5-9-18)21-13-12-20(14-22(21)25-17)24-16-19-10-6-3-7-11-19/h2-14H,15-16H2,1H3/q+1. The molecule has 0 aliphatic rings. The van der Waals surface area contributed by atoms with Gasteiger partial charge in [-0.15, -0.1) is 0 Å². The molecule has 1 heterocycles. The molecule has 0 N–H and O–H groups in total. The fourth-order valence-electron chi connectivity index (χ4n) is 2.98. The average molecular weight is 346 g/mol. The predicted molar refractivity (Wildman–Crippen MR) is 103 cm³/mol. The molecule has 4 rings (SSSR count). The molecule has 25 heavy (non-hydrogen) atoms. The van der Waals surface area contributed by atoms with Crippen molar-refractivity contribution in [3.05, 3.63) is 95.0 Å². The molecule has 124 valence electrons. The van der Waals surface area contributed by atoms with E-state index in [1.807, 2.05) is 29.5 Å². The molecule has 0 amide bonds. The zero-order valence-electron chi connectivity index (χ0n) is 14.2. The fraction of sp³-hybridized carbons (Fsp3) is 0.136.